The summed E-state index contributed by atoms with van der Waals surface area (Å²) in [4.78, 5) is 18.6. The van der Waals surface area contributed by atoms with Crippen LogP contribution in [0.2, 0.25) is 0 Å². The highest BCUT2D eigenvalue weighted by molar-refractivity contribution is 7.80. The first-order valence-electron chi connectivity index (χ1n) is 3.05. The largest absolute Gasteiger partial charge is 0.364 e. The fraction of sp³-hybridized carbons (Fsp3) is 0.333. The summed E-state index contributed by atoms with van der Waals surface area (Å²) in [6.45, 7) is 0. The van der Waals surface area contributed by atoms with E-state index in [1.54, 1.807) is 11.0 Å². The van der Waals surface area contributed by atoms with Crippen LogP contribution in [0.15, 0.2) is 15.9 Å². The molecule has 0 atom stereocenters. The van der Waals surface area contributed by atoms with Crippen molar-refractivity contribution in [2.75, 3.05) is 19.0 Å². The monoisotopic (exact) mass is 170 g/mol. The van der Waals surface area contributed by atoms with Crippen LogP contribution in [-0.4, -0.2) is 24.1 Å². The lowest BCUT2D eigenvalue weighted by molar-refractivity contribution is 0.942. The Bertz CT molecular complexity index is 307. The van der Waals surface area contributed by atoms with Crippen LogP contribution in [0.25, 0.3) is 0 Å². The fourth-order valence-corrected chi connectivity index (χ4v) is 0.858. The fourth-order valence-electron chi connectivity index (χ4n) is 0.664. The molecule has 1 heterocycles. The van der Waals surface area contributed by atoms with Gasteiger partial charge in [0.25, 0.3) is 0 Å². The molecule has 0 aliphatic heterocycles. The molecule has 0 aliphatic carbocycles. The average Bonchev–Trinajstić information content (AvgIpc) is 1.85. The minimum Gasteiger partial charge on any atom is -0.364 e. The number of anilines is 1. The summed E-state index contributed by atoms with van der Waals surface area (Å²) in [6.07, 6.45) is 0. The van der Waals surface area contributed by atoms with Crippen molar-refractivity contribution >= 4 is 18.4 Å². The van der Waals surface area contributed by atoms with Crippen molar-refractivity contribution < 1.29 is 0 Å². The zero-order valence-electron chi connectivity index (χ0n) is 6.29. The third-order valence-electron chi connectivity index (χ3n) is 1.19. The van der Waals surface area contributed by atoms with Gasteiger partial charge in [-0.05, 0) is 0 Å². The molecule has 4 nitrogen and oxygen atoms in total. The Hall–Kier alpha value is -1.10. The second-order valence-corrected chi connectivity index (χ2v) is 2.72. The summed E-state index contributed by atoms with van der Waals surface area (Å²) >= 11 is 4.75. The van der Waals surface area contributed by atoms with Crippen molar-refractivity contribution in [3.8, 4) is 0 Å². The molecule has 0 fully saturated rings. The van der Waals surface area contributed by atoms with Crippen LogP contribution in [0.1, 0.15) is 0 Å². The Morgan fingerprint density at radius 1 is 1.64 bits per heavy atom. The third-order valence-corrected chi connectivity index (χ3v) is 1.40. The molecule has 0 aliphatic rings. The number of nitrogens with zero attached hydrogens (tertiary/aromatic N) is 2. The quantitative estimate of drug-likeness (QED) is 0.620. The molecule has 1 rings (SSSR count). The molecule has 1 radical (unpaired) electrons. The summed E-state index contributed by atoms with van der Waals surface area (Å²) in [6, 6.07) is 1.64. The summed E-state index contributed by atoms with van der Waals surface area (Å²) in [7, 11) is 3.64. The van der Waals surface area contributed by atoms with Crippen molar-refractivity contribution in [1.82, 2.24) is 9.97 Å². The number of rotatable bonds is 1. The summed E-state index contributed by atoms with van der Waals surface area (Å²) in [5.41, 5.74) is -0.402. The summed E-state index contributed by atoms with van der Waals surface area (Å²) < 4.78 is 0. The predicted molar refractivity (Wildman–Crippen MR) is 45.0 cm³/mol. The number of H-pyrrole nitrogens is 1. The van der Waals surface area contributed by atoms with Gasteiger partial charge in [0.1, 0.15) is 10.8 Å². The van der Waals surface area contributed by atoms with Crippen molar-refractivity contribution in [3.63, 3.8) is 0 Å². The van der Waals surface area contributed by atoms with E-state index in [2.05, 4.69) is 9.97 Å². The van der Waals surface area contributed by atoms with Gasteiger partial charge in [-0.1, -0.05) is 12.6 Å². The van der Waals surface area contributed by atoms with Crippen LogP contribution < -0.4 is 10.6 Å². The highest BCUT2D eigenvalue weighted by Gasteiger charge is 1.98. The highest BCUT2D eigenvalue weighted by Crippen LogP contribution is 2.06. The maximum absolute atomic E-state index is 10.8. The van der Waals surface area contributed by atoms with E-state index in [-0.39, 0.29) is 0 Å². The summed E-state index contributed by atoms with van der Waals surface area (Å²) in [5.74, 6) is 0.676. The lowest BCUT2D eigenvalue weighted by Gasteiger charge is -2.10. The topological polar surface area (TPSA) is 49.0 Å². The highest BCUT2D eigenvalue weighted by atomic mass is 32.1. The molecule has 1 aromatic heterocycles. The minimum absolute atomic E-state index is 0.317. The molecule has 1 N–H and O–H groups in total. The van der Waals surface area contributed by atoms with E-state index in [0.29, 0.717) is 10.8 Å². The van der Waals surface area contributed by atoms with Gasteiger partial charge in [-0.3, -0.25) is 4.98 Å². The Kier molecular flexibility index (Phi) is 2.09. The number of aromatic amines is 1. The van der Waals surface area contributed by atoms with Gasteiger partial charge in [0.05, 0.1) is 0 Å². The van der Waals surface area contributed by atoms with Gasteiger partial charge in [-0.2, -0.15) is 4.98 Å². The van der Waals surface area contributed by atoms with E-state index in [0.717, 1.165) is 0 Å². The molecule has 0 amide bonds. The first-order chi connectivity index (χ1) is 5.09. The van der Waals surface area contributed by atoms with Crippen LogP contribution in [0, 0.1) is 0 Å². The number of hydrogen-bond donors (Lipinski definition) is 1. The lowest BCUT2D eigenvalue weighted by Crippen LogP contribution is -2.18. The smallest absolute Gasteiger partial charge is 0.347 e. The van der Waals surface area contributed by atoms with Crippen molar-refractivity contribution in [2.45, 2.75) is 5.03 Å². The van der Waals surface area contributed by atoms with Crippen LogP contribution in [0.4, 0.5) is 5.82 Å². The van der Waals surface area contributed by atoms with Gasteiger partial charge < -0.3 is 4.90 Å². The Morgan fingerprint density at radius 3 is 2.73 bits per heavy atom. The van der Waals surface area contributed by atoms with Gasteiger partial charge in [-0.15, -0.1) is 0 Å². The molecule has 0 bridgehead atoms. The molecule has 0 aromatic carbocycles. The van der Waals surface area contributed by atoms with E-state index in [1.807, 2.05) is 14.1 Å². The molecule has 11 heavy (non-hydrogen) atoms. The maximum atomic E-state index is 10.8. The van der Waals surface area contributed by atoms with E-state index in [4.69, 9.17) is 12.6 Å². The minimum atomic E-state index is -0.402. The van der Waals surface area contributed by atoms with Gasteiger partial charge in [-0.25, -0.2) is 4.79 Å². The first kappa shape index (κ1) is 8.00. The number of aromatic nitrogens is 2. The van der Waals surface area contributed by atoms with Crippen LogP contribution in [-0.2, 0) is 0 Å². The molecule has 5 heteroatoms. The van der Waals surface area contributed by atoms with E-state index >= 15 is 0 Å². The summed E-state index contributed by atoms with van der Waals surface area (Å²) in [5, 5.41) is 0.317. The molecule has 0 unspecified atom stereocenters. The Labute approximate surface area is 69.7 Å². The molecule has 0 spiro atoms. The zero-order valence-corrected chi connectivity index (χ0v) is 7.10. The average molecular weight is 170 g/mol. The lowest BCUT2D eigenvalue weighted by atomic mass is 10.5. The number of nitrogens with one attached hydrogen (secondary N) is 1. The van der Waals surface area contributed by atoms with Gasteiger partial charge in [0, 0.05) is 20.2 Å². The molecule has 59 valence electrons. The van der Waals surface area contributed by atoms with E-state index < -0.39 is 5.69 Å². The second-order valence-electron chi connectivity index (χ2n) is 2.30. The van der Waals surface area contributed by atoms with Crippen molar-refractivity contribution in [3.05, 3.63) is 16.6 Å². The van der Waals surface area contributed by atoms with Crippen molar-refractivity contribution in [1.29, 1.82) is 0 Å². The van der Waals surface area contributed by atoms with E-state index in [1.165, 1.54) is 0 Å². The molecular weight excluding hydrogens is 162 g/mol. The molecule has 1 aromatic rings. The van der Waals surface area contributed by atoms with Crippen LogP contribution >= 0.6 is 12.6 Å². The van der Waals surface area contributed by atoms with Crippen LogP contribution in [0.3, 0.4) is 0 Å². The predicted octanol–water partition coefficient (Wildman–Crippen LogP) is 0.392. The molecular formula is C6H8N3OS. The Balaban J connectivity index is 3.19. The molecule has 0 saturated carbocycles. The zero-order chi connectivity index (χ0) is 8.43. The van der Waals surface area contributed by atoms with Crippen molar-refractivity contribution in [2.24, 2.45) is 0 Å². The SMILES string of the molecule is CN(C)c1cc([S])nc(=O)[nH]1. The standard InChI is InChI=1S/C6H8N3OS/c1-9(2)4-3-5(11)8-6(10)7-4/h3H,1-2H3,(H,7,8,10). The van der Waals surface area contributed by atoms with Gasteiger partial charge in [0.15, 0.2) is 0 Å². The molecule has 0 saturated heterocycles. The van der Waals surface area contributed by atoms with Crippen LogP contribution in [0.5, 0.6) is 0 Å². The second kappa shape index (κ2) is 2.87. The van der Waals surface area contributed by atoms with Gasteiger partial charge in [0.2, 0.25) is 0 Å². The van der Waals surface area contributed by atoms with E-state index in [9.17, 15) is 4.79 Å². The Morgan fingerprint density at radius 2 is 2.27 bits per heavy atom. The number of hydrogen-bond acceptors (Lipinski definition) is 3. The normalized spacial score (nSPS) is 9.64. The third kappa shape index (κ3) is 1.91. The van der Waals surface area contributed by atoms with Gasteiger partial charge >= 0.3 is 5.69 Å². The maximum Gasteiger partial charge on any atom is 0.347 e. The first-order valence-corrected chi connectivity index (χ1v) is 3.46.